The lowest BCUT2D eigenvalue weighted by atomic mass is 10.2. The summed E-state index contributed by atoms with van der Waals surface area (Å²) < 4.78 is 0. The molecule has 2 heterocycles. The van der Waals surface area contributed by atoms with E-state index in [1.807, 2.05) is 19.1 Å². The molecule has 0 aliphatic heterocycles. The van der Waals surface area contributed by atoms with Gasteiger partial charge in [0.05, 0.1) is 21.8 Å². The number of amides is 1. The van der Waals surface area contributed by atoms with Gasteiger partial charge < -0.3 is 0 Å². The number of nitrogens with one attached hydrogen (secondary N) is 2. The minimum absolute atomic E-state index is 0.260. The number of aromatic nitrogens is 2. The molecule has 1 amide bonds. The van der Waals surface area contributed by atoms with Crippen molar-refractivity contribution in [1.29, 1.82) is 0 Å². The van der Waals surface area contributed by atoms with Crippen LogP contribution in [0.2, 0.25) is 10.0 Å². The number of hydrogen-bond donors (Lipinski definition) is 2. The summed E-state index contributed by atoms with van der Waals surface area (Å²) in [4.78, 5) is 14.3. The van der Waals surface area contributed by atoms with Crippen molar-refractivity contribution in [1.82, 2.24) is 15.6 Å². The van der Waals surface area contributed by atoms with E-state index in [0.29, 0.717) is 15.6 Å². The van der Waals surface area contributed by atoms with Crippen LogP contribution in [0.4, 0.5) is 0 Å². The van der Waals surface area contributed by atoms with Crippen LogP contribution in [0.5, 0.6) is 0 Å². The Morgan fingerprint density at radius 3 is 2.83 bits per heavy atom. The van der Waals surface area contributed by atoms with Crippen LogP contribution in [0.25, 0.3) is 10.6 Å². The zero-order chi connectivity index (χ0) is 17.1. The Bertz CT molecular complexity index is 916. The maximum Gasteiger partial charge on any atom is 0.291 e. The van der Waals surface area contributed by atoms with Crippen LogP contribution in [0.3, 0.4) is 0 Å². The first-order valence-corrected chi connectivity index (χ1v) is 8.51. The predicted molar refractivity (Wildman–Crippen MR) is 98.2 cm³/mol. The van der Waals surface area contributed by atoms with Crippen molar-refractivity contribution in [3.05, 3.63) is 62.6 Å². The number of nitrogens with zero attached hydrogens (tertiary/aromatic N) is 2. The van der Waals surface area contributed by atoms with Gasteiger partial charge in [0.2, 0.25) is 0 Å². The lowest BCUT2D eigenvalue weighted by Gasteiger charge is -1.98. The molecule has 24 heavy (non-hydrogen) atoms. The zero-order valence-corrected chi connectivity index (χ0v) is 14.8. The van der Waals surface area contributed by atoms with E-state index in [-0.39, 0.29) is 5.69 Å². The number of hydrazone groups is 1. The highest BCUT2D eigenvalue weighted by molar-refractivity contribution is 7.15. The Morgan fingerprint density at radius 1 is 1.29 bits per heavy atom. The van der Waals surface area contributed by atoms with Crippen LogP contribution in [-0.2, 0) is 0 Å². The van der Waals surface area contributed by atoms with Crippen LogP contribution >= 0.6 is 34.5 Å². The first kappa shape index (κ1) is 16.7. The van der Waals surface area contributed by atoms with E-state index >= 15 is 0 Å². The summed E-state index contributed by atoms with van der Waals surface area (Å²) in [6.45, 7) is 2.02. The van der Waals surface area contributed by atoms with E-state index in [1.165, 1.54) is 11.1 Å². The Balaban J connectivity index is 1.67. The summed E-state index contributed by atoms with van der Waals surface area (Å²) in [6, 6.07) is 10.7. The summed E-state index contributed by atoms with van der Waals surface area (Å²) in [7, 11) is 0. The smallest absolute Gasteiger partial charge is 0.276 e. The normalized spacial score (nSPS) is 11.1. The van der Waals surface area contributed by atoms with E-state index in [2.05, 4.69) is 20.7 Å². The highest BCUT2D eigenvalue weighted by Gasteiger charge is 2.11. The monoisotopic (exact) mass is 378 g/mol. The quantitative estimate of drug-likeness (QED) is 0.517. The van der Waals surface area contributed by atoms with Gasteiger partial charge in [0.25, 0.3) is 5.91 Å². The van der Waals surface area contributed by atoms with Crippen LogP contribution in [0.1, 0.15) is 20.9 Å². The third-order valence-corrected chi connectivity index (χ3v) is 4.74. The van der Waals surface area contributed by atoms with Gasteiger partial charge in [-0.05, 0) is 37.3 Å². The van der Waals surface area contributed by atoms with E-state index in [9.17, 15) is 4.79 Å². The van der Waals surface area contributed by atoms with E-state index < -0.39 is 5.91 Å². The maximum atomic E-state index is 12.1. The van der Waals surface area contributed by atoms with Crippen molar-refractivity contribution >= 4 is 46.7 Å². The molecule has 0 saturated heterocycles. The molecule has 3 rings (SSSR count). The number of aromatic amines is 1. The summed E-state index contributed by atoms with van der Waals surface area (Å²) in [6.07, 6.45) is 1.45. The summed E-state index contributed by atoms with van der Waals surface area (Å²) in [5, 5.41) is 11.7. The molecule has 0 unspecified atom stereocenters. The van der Waals surface area contributed by atoms with Gasteiger partial charge in [-0.25, -0.2) is 5.43 Å². The first-order chi connectivity index (χ1) is 11.5. The highest BCUT2D eigenvalue weighted by Crippen LogP contribution is 2.26. The molecule has 2 aromatic heterocycles. The number of thiophene rings is 1. The number of halogens is 2. The second kappa shape index (κ2) is 7.17. The number of H-pyrrole nitrogens is 1. The first-order valence-electron chi connectivity index (χ1n) is 6.93. The predicted octanol–water partition coefficient (Wildman–Crippen LogP) is 4.52. The molecule has 2 N–H and O–H groups in total. The maximum absolute atomic E-state index is 12.1. The van der Waals surface area contributed by atoms with Gasteiger partial charge in [-0.3, -0.25) is 9.89 Å². The SMILES string of the molecule is Cc1ccc(-c2cc(C(=O)N/N=C/c3ccc(Cl)cc3Cl)n[nH]2)s1. The van der Waals surface area contributed by atoms with Gasteiger partial charge in [-0.2, -0.15) is 10.2 Å². The molecule has 0 radical (unpaired) electrons. The number of carbonyl (C=O) groups is 1. The Kier molecular flexibility index (Phi) is 4.99. The second-order valence-corrected chi connectivity index (χ2v) is 7.07. The average Bonchev–Trinajstić information content (AvgIpc) is 3.18. The van der Waals surface area contributed by atoms with Gasteiger partial charge >= 0.3 is 0 Å². The molecule has 122 valence electrons. The van der Waals surface area contributed by atoms with Gasteiger partial charge in [-0.1, -0.05) is 29.3 Å². The van der Waals surface area contributed by atoms with Crippen LogP contribution < -0.4 is 5.43 Å². The summed E-state index contributed by atoms with van der Waals surface area (Å²) in [5.74, 6) is -0.410. The molecule has 8 heteroatoms. The number of hydrogen-bond acceptors (Lipinski definition) is 4. The van der Waals surface area contributed by atoms with Crippen molar-refractivity contribution in [2.75, 3.05) is 0 Å². The van der Waals surface area contributed by atoms with Crippen LogP contribution in [-0.4, -0.2) is 22.3 Å². The molecule has 0 spiro atoms. The molecule has 1 aromatic carbocycles. The molecule has 0 aliphatic carbocycles. The van der Waals surface area contributed by atoms with Gasteiger partial charge in [0, 0.05) is 15.5 Å². The lowest BCUT2D eigenvalue weighted by molar-refractivity contribution is 0.0950. The molecule has 0 atom stereocenters. The molecular weight excluding hydrogens is 367 g/mol. The minimum atomic E-state index is -0.410. The number of aryl methyl sites for hydroxylation is 1. The van der Waals surface area contributed by atoms with Crippen LogP contribution in [0, 0.1) is 6.92 Å². The van der Waals surface area contributed by atoms with Gasteiger partial charge in [0.15, 0.2) is 5.69 Å². The Labute approximate surface area is 152 Å². The largest absolute Gasteiger partial charge is 0.291 e. The van der Waals surface area contributed by atoms with Crippen molar-refractivity contribution in [3.63, 3.8) is 0 Å². The van der Waals surface area contributed by atoms with Crippen LogP contribution in [0.15, 0.2) is 41.5 Å². The molecule has 5 nitrogen and oxygen atoms in total. The molecule has 0 aliphatic rings. The van der Waals surface area contributed by atoms with Crippen molar-refractivity contribution in [2.24, 2.45) is 5.10 Å². The number of rotatable bonds is 4. The van der Waals surface area contributed by atoms with E-state index in [1.54, 1.807) is 35.6 Å². The highest BCUT2D eigenvalue weighted by atomic mass is 35.5. The fourth-order valence-corrected chi connectivity index (χ4v) is 3.26. The van der Waals surface area contributed by atoms with Crippen molar-refractivity contribution < 1.29 is 4.79 Å². The minimum Gasteiger partial charge on any atom is -0.276 e. The fraction of sp³-hybridized carbons (Fsp3) is 0.0625. The zero-order valence-electron chi connectivity index (χ0n) is 12.5. The average molecular weight is 379 g/mol. The molecule has 0 bridgehead atoms. The Morgan fingerprint density at radius 2 is 2.12 bits per heavy atom. The molecular formula is C16H12Cl2N4OS. The van der Waals surface area contributed by atoms with E-state index in [4.69, 9.17) is 23.2 Å². The third-order valence-electron chi connectivity index (χ3n) is 3.15. The number of benzene rings is 1. The van der Waals surface area contributed by atoms with Gasteiger partial charge in [0.1, 0.15) is 0 Å². The van der Waals surface area contributed by atoms with E-state index in [0.717, 1.165) is 10.6 Å². The van der Waals surface area contributed by atoms with Gasteiger partial charge in [-0.15, -0.1) is 11.3 Å². The van der Waals surface area contributed by atoms with Crippen molar-refractivity contribution in [2.45, 2.75) is 6.92 Å². The summed E-state index contributed by atoms with van der Waals surface area (Å²) in [5.41, 5.74) is 4.12. The lowest BCUT2D eigenvalue weighted by Crippen LogP contribution is -2.18. The third kappa shape index (κ3) is 3.84. The fourth-order valence-electron chi connectivity index (χ4n) is 1.97. The topological polar surface area (TPSA) is 70.1 Å². The Hall–Kier alpha value is -2.15. The molecule has 3 aromatic rings. The second-order valence-electron chi connectivity index (χ2n) is 4.94. The number of carbonyl (C=O) groups excluding carboxylic acids is 1. The summed E-state index contributed by atoms with van der Waals surface area (Å²) >= 11 is 13.5. The molecule has 0 saturated carbocycles. The standard InChI is InChI=1S/C16H12Cl2N4OS/c1-9-2-5-15(24-9)13-7-14(21-20-13)16(23)22-19-8-10-3-4-11(17)6-12(10)18/h2-8H,1H3,(H,20,21)(H,22,23)/b19-8+. The van der Waals surface area contributed by atoms with Crippen molar-refractivity contribution in [3.8, 4) is 10.6 Å². The molecule has 0 fully saturated rings.